The van der Waals surface area contributed by atoms with E-state index in [9.17, 15) is 24.0 Å². The zero-order chi connectivity index (χ0) is 36.0. The van der Waals surface area contributed by atoms with Crippen molar-refractivity contribution in [3.8, 4) is 5.75 Å². The van der Waals surface area contributed by atoms with Crippen molar-refractivity contribution in [1.82, 2.24) is 31.3 Å². The Bertz CT molecular complexity index is 1630. The van der Waals surface area contributed by atoms with Crippen LogP contribution in [0.5, 0.6) is 5.75 Å². The molecule has 272 valence electrons. The van der Waals surface area contributed by atoms with Crippen LogP contribution in [0.2, 0.25) is 0 Å². The first-order valence-corrected chi connectivity index (χ1v) is 17.5. The van der Waals surface area contributed by atoms with Gasteiger partial charge in [-0.15, -0.1) is 0 Å². The van der Waals surface area contributed by atoms with Crippen LogP contribution in [0, 0.1) is 18.8 Å². The molecule has 2 aliphatic rings. The van der Waals surface area contributed by atoms with Gasteiger partial charge in [0.05, 0.1) is 12.2 Å². The lowest BCUT2D eigenvalue weighted by Gasteiger charge is -2.38. The summed E-state index contributed by atoms with van der Waals surface area (Å²) in [5.74, 6) is -0.667. The zero-order valence-corrected chi connectivity index (χ0v) is 28.9. The Kier molecular flexibility index (Phi) is 13.4. The average molecular weight is 703 g/mol. The van der Waals surface area contributed by atoms with Crippen molar-refractivity contribution in [1.29, 1.82) is 0 Å². The zero-order valence-electron chi connectivity index (χ0n) is 28.9. The van der Waals surface area contributed by atoms with Gasteiger partial charge < -0.3 is 40.2 Å². The third-order valence-corrected chi connectivity index (χ3v) is 9.20. The van der Waals surface area contributed by atoms with E-state index in [4.69, 9.17) is 14.0 Å². The highest BCUT2D eigenvalue weighted by Gasteiger charge is 2.34. The van der Waals surface area contributed by atoms with Crippen LogP contribution in [0.25, 0.3) is 0 Å². The minimum absolute atomic E-state index is 0.0370. The molecule has 1 fully saturated rings. The number of ether oxygens (including phenoxy) is 2. The van der Waals surface area contributed by atoms with E-state index >= 15 is 0 Å². The maximum absolute atomic E-state index is 13.5. The number of para-hydroxylation sites is 1. The van der Waals surface area contributed by atoms with E-state index in [1.54, 1.807) is 24.0 Å². The number of rotatable bonds is 10. The smallest absolute Gasteiger partial charge is 0.410 e. The van der Waals surface area contributed by atoms with Gasteiger partial charge in [-0.2, -0.15) is 0 Å². The number of likely N-dealkylation sites (tertiary alicyclic amines) is 1. The average Bonchev–Trinajstić information content (AvgIpc) is 3.52. The van der Waals surface area contributed by atoms with Gasteiger partial charge in [0.15, 0.2) is 12.4 Å². The number of aryl methyl sites for hydroxylation is 1. The molecule has 2 aromatic carbocycles. The van der Waals surface area contributed by atoms with E-state index in [1.807, 2.05) is 48.5 Å². The Morgan fingerprint density at radius 1 is 0.980 bits per heavy atom. The summed E-state index contributed by atoms with van der Waals surface area (Å²) in [6.45, 7) is 3.13. The molecule has 0 radical (unpaired) electrons. The minimum atomic E-state index is -0.872. The molecule has 14 nitrogen and oxygen atoms in total. The molecule has 3 atom stereocenters. The van der Waals surface area contributed by atoms with Gasteiger partial charge in [-0.05, 0) is 68.6 Å². The highest BCUT2D eigenvalue weighted by atomic mass is 16.6. The largest absolute Gasteiger partial charge is 0.484 e. The molecule has 0 spiro atoms. The molecule has 3 aromatic rings. The molecule has 0 aliphatic carbocycles. The second-order valence-corrected chi connectivity index (χ2v) is 12.9. The summed E-state index contributed by atoms with van der Waals surface area (Å²) in [6.07, 6.45) is 2.34. The first kappa shape index (κ1) is 36.9. The van der Waals surface area contributed by atoms with Crippen molar-refractivity contribution in [3.63, 3.8) is 0 Å². The summed E-state index contributed by atoms with van der Waals surface area (Å²) in [5, 5.41) is 15.4. The van der Waals surface area contributed by atoms with Gasteiger partial charge in [0.1, 0.15) is 24.0 Å². The van der Waals surface area contributed by atoms with Crippen molar-refractivity contribution in [2.45, 2.75) is 64.6 Å². The number of carbonyl (C=O) groups excluding carboxylic acids is 5. The quantitative estimate of drug-likeness (QED) is 0.231. The van der Waals surface area contributed by atoms with E-state index in [-0.39, 0.29) is 73.6 Å². The maximum atomic E-state index is 13.5. The lowest BCUT2D eigenvalue weighted by molar-refractivity contribution is -0.124. The first-order chi connectivity index (χ1) is 24.8. The number of fused-ring (bicyclic) bond motifs is 2. The van der Waals surface area contributed by atoms with Gasteiger partial charge >= 0.3 is 6.09 Å². The Balaban J connectivity index is 1.19. The normalized spacial score (nSPS) is 19.9. The van der Waals surface area contributed by atoms with E-state index in [2.05, 4.69) is 26.4 Å². The van der Waals surface area contributed by atoms with Gasteiger partial charge in [-0.3, -0.25) is 19.2 Å². The number of hydrogen-bond acceptors (Lipinski definition) is 9. The summed E-state index contributed by atoms with van der Waals surface area (Å²) in [7, 11) is 0. The number of benzene rings is 2. The molecular formula is C37H46N6O8. The summed E-state index contributed by atoms with van der Waals surface area (Å²) < 4.78 is 16.5. The predicted molar refractivity (Wildman–Crippen MR) is 185 cm³/mol. The Morgan fingerprint density at radius 3 is 2.53 bits per heavy atom. The van der Waals surface area contributed by atoms with Crippen LogP contribution in [0.3, 0.4) is 0 Å². The molecule has 0 saturated carbocycles. The van der Waals surface area contributed by atoms with Gasteiger partial charge in [-0.1, -0.05) is 53.7 Å². The molecule has 14 heteroatoms. The standard InChI is InChI=1S/C37H46N6O8/c1-25-34-31(51-42-25)21-40-32(44)20-27-16-19-43(37(48)50-23-26-10-4-2-5-11-26)22-28(27)15-18-39-35(46)30(41-36(34)47)14-8-9-17-38-33(45)24-49-29-12-6-3-7-13-29/h2-7,10-13,27-28,30H,8-9,14-24H2,1H3,(H,38,45)(H,39,46)(H,40,44)(H,41,47)/t27-,28-,30-/m0/s1. The van der Waals surface area contributed by atoms with Gasteiger partial charge in [0, 0.05) is 32.6 Å². The Hall–Kier alpha value is -5.40. The maximum Gasteiger partial charge on any atom is 0.410 e. The summed E-state index contributed by atoms with van der Waals surface area (Å²) in [5.41, 5.74) is 1.40. The van der Waals surface area contributed by atoms with Gasteiger partial charge in [0.2, 0.25) is 11.8 Å². The molecule has 4 N–H and O–H groups in total. The minimum Gasteiger partial charge on any atom is -0.484 e. The fourth-order valence-electron chi connectivity index (χ4n) is 6.39. The molecule has 1 aromatic heterocycles. The second kappa shape index (κ2) is 18.6. The van der Waals surface area contributed by atoms with Crippen molar-refractivity contribution in [2.24, 2.45) is 11.8 Å². The van der Waals surface area contributed by atoms with Crippen LogP contribution < -0.4 is 26.0 Å². The van der Waals surface area contributed by atoms with E-state index < -0.39 is 18.0 Å². The van der Waals surface area contributed by atoms with Crippen LogP contribution in [0.1, 0.15) is 65.9 Å². The van der Waals surface area contributed by atoms with Crippen molar-refractivity contribution in [3.05, 3.63) is 83.2 Å². The highest BCUT2D eigenvalue weighted by molar-refractivity contribution is 5.99. The van der Waals surface area contributed by atoms with Crippen LogP contribution in [0.15, 0.2) is 65.2 Å². The molecule has 0 unspecified atom stereocenters. The molecule has 5 amide bonds. The molecule has 2 aliphatic heterocycles. The number of piperidine rings is 1. The Labute approximate surface area is 297 Å². The molecule has 5 rings (SSSR count). The number of unbranched alkanes of at least 4 members (excludes halogenated alkanes) is 1. The highest BCUT2D eigenvalue weighted by Crippen LogP contribution is 2.30. The first-order valence-electron chi connectivity index (χ1n) is 17.5. The number of nitrogens with zero attached hydrogens (tertiary/aromatic N) is 2. The van der Waals surface area contributed by atoms with E-state index in [0.29, 0.717) is 63.2 Å². The molecule has 0 bridgehead atoms. The number of nitrogens with one attached hydrogen (secondary N) is 4. The monoisotopic (exact) mass is 702 g/mol. The van der Waals surface area contributed by atoms with E-state index in [1.165, 1.54) is 0 Å². The summed E-state index contributed by atoms with van der Waals surface area (Å²) in [6, 6.07) is 17.6. The summed E-state index contributed by atoms with van der Waals surface area (Å²) >= 11 is 0. The fourth-order valence-corrected chi connectivity index (χ4v) is 6.39. The topological polar surface area (TPSA) is 181 Å². The van der Waals surface area contributed by atoms with Gasteiger partial charge in [0.25, 0.3) is 11.8 Å². The Morgan fingerprint density at radius 2 is 1.75 bits per heavy atom. The van der Waals surface area contributed by atoms with Crippen LogP contribution in [-0.2, 0) is 32.3 Å². The summed E-state index contributed by atoms with van der Waals surface area (Å²) in [4.78, 5) is 67.0. The fraction of sp³-hybridized carbons (Fsp3) is 0.459. The molecule has 3 heterocycles. The van der Waals surface area contributed by atoms with Crippen LogP contribution in [-0.4, -0.2) is 78.6 Å². The molecule has 1 saturated heterocycles. The van der Waals surface area contributed by atoms with E-state index in [0.717, 1.165) is 5.56 Å². The number of aromatic nitrogens is 1. The van der Waals surface area contributed by atoms with Crippen molar-refractivity contribution in [2.75, 3.05) is 32.8 Å². The lowest BCUT2D eigenvalue weighted by atomic mass is 9.81. The molecule has 51 heavy (non-hydrogen) atoms. The SMILES string of the molecule is Cc1noc2c1C(=O)N[C@@H](CCCCNC(=O)COc1ccccc1)C(=O)NCC[C@H]1CN(C(=O)OCc3ccccc3)CC[C@H]1CC(=O)NC2. The van der Waals surface area contributed by atoms with Crippen molar-refractivity contribution >= 4 is 29.7 Å². The molecular weight excluding hydrogens is 656 g/mol. The third kappa shape index (κ3) is 11.0. The second-order valence-electron chi connectivity index (χ2n) is 12.9. The van der Waals surface area contributed by atoms with Gasteiger partial charge in [-0.25, -0.2) is 4.79 Å². The van der Waals surface area contributed by atoms with Crippen molar-refractivity contribution < 1.29 is 38.0 Å². The third-order valence-electron chi connectivity index (χ3n) is 9.20. The van der Waals surface area contributed by atoms with Crippen LogP contribution in [0.4, 0.5) is 4.79 Å². The number of amides is 5. The lowest BCUT2D eigenvalue weighted by Crippen LogP contribution is -2.48. The number of carbonyl (C=O) groups is 5. The number of hydrogen-bond donors (Lipinski definition) is 4. The van der Waals surface area contributed by atoms with Crippen LogP contribution >= 0.6 is 0 Å². The predicted octanol–water partition coefficient (Wildman–Crippen LogP) is 3.25.